The number of nitrogens with one attached hydrogen (secondary N) is 1. The largest absolute Gasteiger partial charge is 0.350 e. The average molecular weight is 342 g/mol. The Balaban J connectivity index is 2.29. The second-order valence-corrected chi connectivity index (χ2v) is 5.82. The van der Waals surface area contributed by atoms with Crippen molar-refractivity contribution in [1.29, 1.82) is 5.26 Å². The highest BCUT2D eigenvalue weighted by molar-refractivity contribution is 7.99. The molecule has 0 aliphatic rings. The maximum atomic E-state index is 12.1. The molecule has 0 aliphatic carbocycles. The molecule has 0 radical (unpaired) electrons. The van der Waals surface area contributed by atoms with Gasteiger partial charge >= 0.3 is 5.69 Å². The standard InChI is InChI=1S/C15H8ClN5OS/c1-2-7-23-14-18-13-12(9-3-5-10(16)6-4-9)11(8-17)20-21(13)15(22)19-14/h1,3-6H,7H2,(H,18,19,22). The number of hydrogen-bond donors (Lipinski definition) is 1. The van der Waals surface area contributed by atoms with Gasteiger partial charge in [-0.25, -0.2) is 9.78 Å². The zero-order valence-electron chi connectivity index (χ0n) is 11.6. The fraction of sp³-hybridized carbons (Fsp3) is 0.0667. The van der Waals surface area contributed by atoms with Gasteiger partial charge in [0.25, 0.3) is 0 Å². The van der Waals surface area contributed by atoms with Gasteiger partial charge in [-0.15, -0.1) is 6.42 Å². The summed E-state index contributed by atoms with van der Waals surface area (Å²) in [5.41, 5.74) is 1.12. The highest BCUT2D eigenvalue weighted by Gasteiger charge is 2.18. The first-order chi connectivity index (χ1) is 11.1. The molecule has 0 fully saturated rings. The van der Waals surface area contributed by atoms with Crippen molar-refractivity contribution in [3.63, 3.8) is 0 Å². The number of halogens is 1. The van der Waals surface area contributed by atoms with Crippen LogP contribution in [0.2, 0.25) is 5.02 Å². The third-order valence-corrected chi connectivity index (χ3v) is 4.04. The van der Waals surface area contributed by atoms with Crippen LogP contribution in [0.15, 0.2) is 34.2 Å². The van der Waals surface area contributed by atoms with Crippen LogP contribution in [0.5, 0.6) is 0 Å². The molecule has 0 saturated heterocycles. The number of nitriles is 1. The Hall–Kier alpha value is -2.74. The van der Waals surface area contributed by atoms with Crippen molar-refractivity contribution in [2.24, 2.45) is 0 Å². The monoisotopic (exact) mass is 341 g/mol. The normalized spacial score (nSPS) is 10.4. The maximum absolute atomic E-state index is 12.1. The summed E-state index contributed by atoms with van der Waals surface area (Å²) in [5.74, 6) is 2.83. The fourth-order valence-electron chi connectivity index (χ4n) is 2.06. The van der Waals surface area contributed by atoms with Gasteiger partial charge in [0.1, 0.15) is 6.07 Å². The van der Waals surface area contributed by atoms with Crippen LogP contribution in [0.1, 0.15) is 5.69 Å². The molecule has 1 N–H and O–H groups in total. The van der Waals surface area contributed by atoms with E-state index in [1.54, 1.807) is 24.3 Å². The van der Waals surface area contributed by atoms with Crippen molar-refractivity contribution in [1.82, 2.24) is 19.6 Å². The number of nitrogens with zero attached hydrogens (tertiary/aromatic N) is 4. The molecule has 2 aromatic heterocycles. The zero-order chi connectivity index (χ0) is 16.4. The molecule has 0 bridgehead atoms. The molecular weight excluding hydrogens is 334 g/mol. The molecule has 23 heavy (non-hydrogen) atoms. The Morgan fingerprint density at radius 2 is 2.13 bits per heavy atom. The van der Waals surface area contributed by atoms with Crippen molar-refractivity contribution in [2.45, 2.75) is 5.16 Å². The Kier molecular flexibility index (Phi) is 4.07. The van der Waals surface area contributed by atoms with Crippen molar-refractivity contribution >= 4 is 29.0 Å². The van der Waals surface area contributed by atoms with Gasteiger partial charge in [-0.05, 0) is 17.7 Å². The number of hydrogen-bond acceptors (Lipinski definition) is 5. The summed E-state index contributed by atoms with van der Waals surface area (Å²) in [6.45, 7) is 0. The third-order valence-electron chi connectivity index (χ3n) is 3.01. The number of terminal acetylenes is 1. The van der Waals surface area contributed by atoms with Crippen LogP contribution in [0.3, 0.4) is 0 Å². The van der Waals surface area contributed by atoms with E-state index in [0.29, 0.717) is 32.7 Å². The number of aromatic amines is 1. The van der Waals surface area contributed by atoms with Gasteiger partial charge in [0.05, 0.1) is 11.3 Å². The van der Waals surface area contributed by atoms with Gasteiger partial charge in [-0.2, -0.15) is 14.9 Å². The first-order valence-electron chi connectivity index (χ1n) is 6.39. The summed E-state index contributed by atoms with van der Waals surface area (Å²) < 4.78 is 1.07. The lowest BCUT2D eigenvalue weighted by molar-refractivity contribution is 0.784. The van der Waals surface area contributed by atoms with Gasteiger partial charge in [0.15, 0.2) is 16.5 Å². The van der Waals surface area contributed by atoms with E-state index in [1.165, 1.54) is 11.8 Å². The summed E-state index contributed by atoms with van der Waals surface area (Å²) in [4.78, 5) is 19.1. The molecule has 0 spiro atoms. The van der Waals surface area contributed by atoms with E-state index in [1.807, 2.05) is 6.07 Å². The average Bonchev–Trinajstić information content (AvgIpc) is 2.93. The van der Waals surface area contributed by atoms with E-state index in [4.69, 9.17) is 18.0 Å². The second-order valence-electron chi connectivity index (χ2n) is 4.42. The quantitative estimate of drug-likeness (QED) is 0.583. The number of aromatic nitrogens is 4. The van der Waals surface area contributed by atoms with Gasteiger partial charge < -0.3 is 0 Å². The minimum Gasteiger partial charge on any atom is -0.285 e. The van der Waals surface area contributed by atoms with Crippen LogP contribution in [-0.4, -0.2) is 25.3 Å². The summed E-state index contributed by atoms with van der Waals surface area (Å²) >= 11 is 7.12. The fourth-order valence-corrected chi connectivity index (χ4v) is 2.72. The highest BCUT2D eigenvalue weighted by Crippen LogP contribution is 2.28. The second kappa shape index (κ2) is 6.17. The molecule has 3 aromatic rings. The van der Waals surface area contributed by atoms with Crippen LogP contribution in [0.4, 0.5) is 0 Å². The predicted octanol–water partition coefficient (Wildman–Crippen LogP) is 2.33. The molecule has 0 aliphatic heterocycles. The van der Waals surface area contributed by atoms with E-state index in [-0.39, 0.29) is 5.69 Å². The lowest BCUT2D eigenvalue weighted by atomic mass is 10.1. The van der Waals surface area contributed by atoms with Crippen molar-refractivity contribution in [3.8, 4) is 29.5 Å². The zero-order valence-corrected chi connectivity index (χ0v) is 13.1. The van der Waals surface area contributed by atoms with E-state index in [0.717, 1.165) is 4.52 Å². The van der Waals surface area contributed by atoms with Crippen LogP contribution in [-0.2, 0) is 0 Å². The highest BCUT2D eigenvalue weighted by atomic mass is 35.5. The topological polar surface area (TPSA) is 86.8 Å². The lowest BCUT2D eigenvalue weighted by Gasteiger charge is -2.01. The summed E-state index contributed by atoms with van der Waals surface area (Å²) in [6, 6.07) is 8.88. The smallest absolute Gasteiger partial charge is 0.285 e. The lowest BCUT2D eigenvalue weighted by Crippen LogP contribution is -2.19. The van der Waals surface area contributed by atoms with Gasteiger partial charge in [-0.3, -0.25) is 4.98 Å². The molecule has 2 heterocycles. The maximum Gasteiger partial charge on any atom is 0.350 e. The van der Waals surface area contributed by atoms with Gasteiger partial charge in [0, 0.05) is 5.02 Å². The molecule has 6 nitrogen and oxygen atoms in total. The molecule has 0 saturated carbocycles. The molecule has 8 heteroatoms. The molecule has 0 amide bonds. The van der Waals surface area contributed by atoms with Crippen molar-refractivity contribution in [3.05, 3.63) is 45.5 Å². The van der Waals surface area contributed by atoms with Crippen molar-refractivity contribution < 1.29 is 0 Å². The van der Waals surface area contributed by atoms with E-state index >= 15 is 0 Å². The molecule has 112 valence electrons. The molecule has 0 atom stereocenters. The van der Waals surface area contributed by atoms with Crippen LogP contribution in [0.25, 0.3) is 16.8 Å². The Morgan fingerprint density at radius 1 is 1.39 bits per heavy atom. The van der Waals surface area contributed by atoms with E-state index in [2.05, 4.69) is 21.0 Å². The minimum atomic E-state index is -0.480. The van der Waals surface area contributed by atoms with Crippen LogP contribution < -0.4 is 5.69 Å². The molecule has 1 aromatic carbocycles. The number of fused-ring (bicyclic) bond motifs is 1. The predicted molar refractivity (Wildman–Crippen MR) is 88.3 cm³/mol. The Bertz CT molecular complexity index is 1020. The van der Waals surface area contributed by atoms with Crippen molar-refractivity contribution in [2.75, 3.05) is 5.75 Å². The number of thioether (sulfide) groups is 1. The minimum absolute atomic E-state index is 0.115. The number of H-pyrrole nitrogens is 1. The summed E-state index contributed by atoms with van der Waals surface area (Å²) in [5, 5.41) is 14.3. The number of rotatable bonds is 3. The number of benzene rings is 1. The first kappa shape index (κ1) is 15.2. The third kappa shape index (κ3) is 2.80. The van der Waals surface area contributed by atoms with Crippen LogP contribution in [0, 0.1) is 23.7 Å². The van der Waals surface area contributed by atoms with Crippen LogP contribution >= 0.6 is 23.4 Å². The van der Waals surface area contributed by atoms with Gasteiger partial charge in [-0.1, -0.05) is 41.4 Å². The first-order valence-corrected chi connectivity index (χ1v) is 7.75. The SMILES string of the molecule is C#CCSc1nc2c(-c3ccc(Cl)cc3)c(C#N)nn2c(=O)[nH]1. The van der Waals surface area contributed by atoms with E-state index in [9.17, 15) is 10.1 Å². The molecule has 3 rings (SSSR count). The summed E-state index contributed by atoms with van der Waals surface area (Å²) in [6.07, 6.45) is 5.22. The van der Waals surface area contributed by atoms with Gasteiger partial charge in [0.2, 0.25) is 0 Å². The summed E-state index contributed by atoms with van der Waals surface area (Å²) in [7, 11) is 0. The Labute approximate surface area is 140 Å². The molecular formula is C15H8ClN5OS. The molecule has 0 unspecified atom stereocenters. The van der Waals surface area contributed by atoms with E-state index < -0.39 is 5.69 Å². The Morgan fingerprint density at radius 3 is 2.78 bits per heavy atom.